The number of nitrogens with zero attached hydrogens (tertiary/aromatic N) is 1. The number of halogens is 5. The van der Waals surface area contributed by atoms with Crippen LogP contribution in [-0.2, 0) is 10.0 Å². The number of alkyl halides is 4. The fourth-order valence-corrected chi connectivity index (χ4v) is 3.06. The van der Waals surface area contributed by atoms with Gasteiger partial charge in [0.2, 0.25) is 10.0 Å². The van der Waals surface area contributed by atoms with E-state index in [2.05, 4.69) is 0 Å². The summed E-state index contributed by atoms with van der Waals surface area (Å²) in [6, 6.07) is 3.53. The summed E-state index contributed by atoms with van der Waals surface area (Å²) in [5.74, 6) is -0.963. The monoisotopic (exact) mass is 319 g/mol. The van der Waals surface area contributed by atoms with Crippen molar-refractivity contribution in [3.05, 3.63) is 30.1 Å². The summed E-state index contributed by atoms with van der Waals surface area (Å²) < 4.78 is 73.8. The van der Waals surface area contributed by atoms with Crippen molar-refractivity contribution in [2.75, 3.05) is 19.0 Å². The molecule has 0 atom stereocenters. The molecule has 0 saturated carbocycles. The highest BCUT2D eigenvalue weighted by atomic mass is 35.5. The zero-order valence-corrected chi connectivity index (χ0v) is 11.1. The van der Waals surface area contributed by atoms with Crippen LogP contribution in [0.1, 0.15) is 0 Å². The lowest BCUT2D eigenvalue weighted by molar-refractivity contribution is -0.135. The van der Waals surface area contributed by atoms with Crippen LogP contribution in [0.3, 0.4) is 0 Å². The van der Waals surface area contributed by atoms with E-state index in [4.69, 9.17) is 11.6 Å². The summed E-state index contributed by atoms with van der Waals surface area (Å²) in [4.78, 5) is -0.414. The predicted octanol–water partition coefficient (Wildman–Crippen LogP) is 2.62. The number of rotatable bonds is 5. The van der Waals surface area contributed by atoms with E-state index in [1.807, 2.05) is 0 Å². The van der Waals surface area contributed by atoms with Gasteiger partial charge in [-0.15, -0.1) is 11.6 Å². The second-order valence-corrected chi connectivity index (χ2v) is 5.91. The second kappa shape index (κ2) is 6.06. The average Bonchev–Trinajstić information content (AvgIpc) is 2.27. The highest BCUT2D eigenvalue weighted by molar-refractivity contribution is 7.89. The van der Waals surface area contributed by atoms with E-state index >= 15 is 0 Å². The van der Waals surface area contributed by atoms with Gasteiger partial charge >= 0.3 is 6.18 Å². The normalized spacial score (nSPS) is 12.9. The molecule has 0 aliphatic carbocycles. The molecule has 1 rings (SSSR count). The highest BCUT2D eigenvalue weighted by Gasteiger charge is 2.36. The van der Waals surface area contributed by atoms with Gasteiger partial charge in [0, 0.05) is 12.4 Å². The minimum atomic E-state index is -4.68. The molecular weight excluding hydrogens is 310 g/mol. The van der Waals surface area contributed by atoms with Crippen molar-refractivity contribution in [2.24, 2.45) is 0 Å². The molecule has 0 aromatic heterocycles. The molecule has 0 spiro atoms. The Morgan fingerprint density at radius 3 is 2.11 bits per heavy atom. The van der Waals surface area contributed by atoms with E-state index in [-0.39, 0.29) is 10.2 Å². The van der Waals surface area contributed by atoms with Gasteiger partial charge in [0.15, 0.2) is 0 Å². The van der Waals surface area contributed by atoms with E-state index in [1.54, 1.807) is 0 Å². The topological polar surface area (TPSA) is 37.4 Å². The molecular formula is C10H10ClF4NO2S. The Morgan fingerprint density at radius 1 is 1.16 bits per heavy atom. The fraction of sp³-hybridized carbons (Fsp3) is 0.400. The van der Waals surface area contributed by atoms with Crippen LogP contribution in [0.5, 0.6) is 0 Å². The van der Waals surface area contributed by atoms with Crippen molar-refractivity contribution in [2.45, 2.75) is 11.1 Å². The van der Waals surface area contributed by atoms with E-state index in [0.29, 0.717) is 0 Å². The van der Waals surface area contributed by atoms with Crippen LogP contribution in [0.4, 0.5) is 17.6 Å². The van der Waals surface area contributed by atoms with Crippen molar-refractivity contribution in [1.82, 2.24) is 4.31 Å². The molecule has 3 nitrogen and oxygen atoms in total. The Bertz CT molecular complexity index is 515. The maximum absolute atomic E-state index is 12.7. The smallest absolute Gasteiger partial charge is 0.207 e. The molecule has 0 unspecified atom stereocenters. The minimum absolute atomic E-state index is 0.216. The lowest BCUT2D eigenvalue weighted by atomic mass is 10.4. The minimum Gasteiger partial charge on any atom is -0.207 e. The molecule has 0 aliphatic rings. The summed E-state index contributed by atoms with van der Waals surface area (Å²) in [6.07, 6.45) is -4.68. The van der Waals surface area contributed by atoms with E-state index in [0.717, 1.165) is 24.3 Å². The molecule has 0 bridgehead atoms. The van der Waals surface area contributed by atoms with Gasteiger partial charge in [-0.05, 0) is 24.3 Å². The number of sulfonamides is 1. The highest BCUT2D eigenvalue weighted by Crippen LogP contribution is 2.22. The van der Waals surface area contributed by atoms with Crippen LogP contribution in [-0.4, -0.2) is 37.9 Å². The standard InChI is InChI=1S/C10H10ClF4NO2S/c11-5-6-16(7-10(13,14)15)19(17,18)9-3-1-8(12)2-4-9/h1-4H,5-7H2. The molecule has 19 heavy (non-hydrogen) atoms. The quantitative estimate of drug-likeness (QED) is 0.618. The molecule has 1 aromatic carbocycles. The van der Waals surface area contributed by atoms with Crippen molar-refractivity contribution >= 4 is 21.6 Å². The summed E-state index contributed by atoms with van der Waals surface area (Å²) in [7, 11) is -4.35. The van der Waals surface area contributed by atoms with Gasteiger partial charge < -0.3 is 0 Å². The Kier molecular flexibility index (Phi) is 5.17. The Balaban J connectivity index is 3.09. The Labute approximate surface area is 112 Å². The van der Waals surface area contributed by atoms with Crippen LogP contribution in [0, 0.1) is 5.82 Å². The molecule has 0 N–H and O–H groups in total. The average molecular weight is 320 g/mol. The van der Waals surface area contributed by atoms with Gasteiger partial charge in [0.25, 0.3) is 0 Å². The van der Waals surface area contributed by atoms with Gasteiger partial charge in [-0.3, -0.25) is 0 Å². The van der Waals surface area contributed by atoms with Crippen LogP contribution >= 0.6 is 11.6 Å². The second-order valence-electron chi connectivity index (χ2n) is 3.60. The van der Waals surface area contributed by atoms with Crippen molar-refractivity contribution in [1.29, 1.82) is 0 Å². The lowest BCUT2D eigenvalue weighted by Gasteiger charge is -2.22. The van der Waals surface area contributed by atoms with Crippen molar-refractivity contribution in [3.63, 3.8) is 0 Å². The van der Waals surface area contributed by atoms with Gasteiger partial charge in [-0.25, -0.2) is 12.8 Å². The van der Waals surface area contributed by atoms with Crippen LogP contribution in [0.2, 0.25) is 0 Å². The molecule has 0 saturated heterocycles. The van der Waals surface area contributed by atoms with E-state index in [9.17, 15) is 26.0 Å². The third-order valence-electron chi connectivity index (χ3n) is 2.14. The van der Waals surface area contributed by atoms with Gasteiger partial charge in [-0.2, -0.15) is 17.5 Å². The molecule has 0 aliphatic heterocycles. The number of benzene rings is 1. The largest absolute Gasteiger partial charge is 0.402 e. The molecule has 108 valence electrons. The summed E-state index contributed by atoms with van der Waals surface area (Å²) in [5, 5.41) is 0. The van der Waals surface area contributed by atoms with Crippen LogP contribution < -0.4 is 0 Å². The first-order chi connectivity index (χ1) is 8.66. The Morgan fingerprint density at radius 2 is 1.68 bits per heavy atom. The van der Waals surface area contributed by atoms with E-state index in [1.165, 1.54) is 0 Å². The maximum atomic E-state index is 12.7. The summed E-state index contributed by atoms with van der Waals surface area (Å²) in [6.45, 7) is -2.12. The number of hydrogen-bond acceptors (Lipinski definition) is 2. The molecule has 0 heterocycles. The summed E-state index contributed by atoms with van der Waals surface area (Å²) in [5.41, 5.74) is 0. The van der Waals surface area contributed by atoms with Gasteiger partial charge in [0.05, 0.1) is 4.90 Å². The summed E-state index contributed by atoms with van der Waals surface area (Å²) >= 11 is 5.31. The maximum Gasteiger partial charge on any atom is 0.402 e. The molecule has 0 amide bonds. The van der Waals surface area contributed by atoms with Crippen molar-refractivity contribution < 1.29 is 26.0 Å². The first-order valence-electron chi connectivity index (χ1n) is 5.05. The zero-order chi connectivity index (χ0) is 14.7. The van der Waals surface area contributed by atoms with Gasteiger partial charge in [0.1, 0.15) is 12.4 Å². The van der Waals surface area contributed by atoms with Gasteiger partial charge in [-0.1, -0.05) is 0 Å². The third kappa shape index (κ3) is 4.63. The Hall–Kier alpha value is -0.860. The van der Waals surface area contributed by atoms with Crippen molar-refractivity contribution in [3.8, 4) is 0 Å². The first kappa shape index (κ1) is 16.2. The number of hydrogen-bond donors (Lipinski definition) is 0. The van der Waals surface area contributed by atoms with Crippen LogP contribution in [0.15, 0.2) is 29.2 Å². The third-order valence-corrected chi connectivity index (χ3v) is 4.17. The molecule has 0 fully saturated rings. The molecule has 0 radical (unpaired) electrons. The first-order valence-corrected chi connectivity index (χ1v) is 7.03. The SMILES string of the molecule is O=S(=O)(c1ccc(F)cc1)N(CCCl)CC(F)(F)F. The lowest BCUT2D eigenvalue weighted by Crippen LogP contribution is -2.40. The van der Waals surface area contributed by atoms with E-state index < -0.39 is 40.0 Å². The fourth-order valence-electron chi connectivity index (χ4n) is 1.33. The zero-order valence-electron chi connectivity index (χ0n) is 9.49. The van der Waals surface area contributed by atoms with Crippen LogP contribution in [0.25, 0.3) is 0 Å². The molecule has 9 heteroatoms. The molecule has 1 aromatic rings. The predicted molar refractivity (Wildman–Crippen MR) is 61.9 cm³/mol.